The van der Waals surface area contributed by atoms with Crippen molar-refractivity contribution in [1.82, 2.24) is 15.0 Å². The van der Waals surface area contributed by atoms with Crippen molar-refractivity contribution in [2.24, 2.45) is 0 Å². The number of halogens is 2. The first-order valence-corrected chi connectivity index (χ1v) is 6.61. The molecule has 0 radical (unpaired) electrons. The standard InChI is InChI=1S/C11H11Br2N3/c1-7-5-9(13)3-4-11(7)16-6-10(8(2)12)14-15-16/h3-6,8H,1-2H3. The first-order chi connectivity index (χ1) is 7.58. The molecule has 0 aliphatic carbocycles. The Balaban J connectivity index is 2.42. The van der Waals surface area contributed by atoms with Crippen LogP contribution in [0.5, 0.6) is 0 Å². The molecule has 0 spiro atoms. The lowest BCUT2D eigenvalue weighted by Crippen LogP contribution is -1.97. The smallest absolute Gasteiger partial charge is 0.0965 e. The molecule has 84 valence electrons. The maximum Gasteiger partial charge on any atom is 0.0965 e. The van der Waals surface area contributed by atoms with Crippen molar-refractivity contribution in [2.45, 2.75) is 18.7 Å². The summed E-state index contributed by atoms with van der Waals surface area (Å²) in [5.74, 6) is 0. The van der Waals surface area contributed by atoms with Crippen LogP contribution in [-0.4, -0.2) is 15.0 Å². The van der Waals surface area contributed by atoms with Crippen molar-refractivity contribution in [2.75, 3.05) is 0 Å². The Morgan fingerprint density at radius 1 is 1.38 bits per heavy atom. The molecule has 1 unspecified atom stereocenters. The molecule has 0 amide bonds. The van der Waals surface area contributed by atoms with Gasteiger partial charge in [-0.15, -0.1) is 5.10 Å². The number of alkyl halides is 1. The number of rotatable bonds is 2. The number of benzene rings is 1. The first-order valence-electron chi connectivity index (χ1n) is 4.91. The van der Waals surface area contributed by atoms with E-state index in [9.17, 15) is 0 Å². The lowest BCUT2D eigenvalue weighted by molar-refractivity contribution is 0.793. The minimum atomic E-state index is 0.219. The molecular formula is C11H11Br2N3. The predicted octanol–water partition coefficient (Wildman–Crippen LogP) is 3.79. The quantitative estimate of drug-likeness (QED) is 0.776. The van der Waals surface area contributed by atoms with Gasteiger partial charge >= 0.3 is 0 Å². The van der Waals surface area contributed by atoms with Gasteiger partial charge in [-0.05, 0) is 37.6 Å². The van der Waals surface area contributed by atoms with Crippen LogP contribution in [0.15, 0.2) is 28.9 Å². The van der Waals surface area contributed by atoms with Gasteiger partial charge in [0, 0.05) is 4.47 Å². The highest BCUT2D eigenvalue weighted by atomic mass is 79.9. The molecule has 0 fully saturated rings. The fourth-order valence-electron chi connectivity index (χ4n) is 1.45. The lowest BCUT2D eigenvalue weighted by Gasteiger charge is -2.04. The molecule has 2 aromatic rings. The SMILES string of the molecule is Cc1cc(Br)ccc1-n1cc(C(C)Br)nn1. The van der Waals surface area contributed by atoms with Gasteiger partial charge in [-0.2, -0.15) is 0 Å². The molecule has 5 heteroatoms. The van der Waals surface area contributed by atoms with E-state index in [0.717, 1.165) is 21.4 Å². The Bertz CT molecular complexity index is 506. The van der Waals surface area contributed by atoms with Crippen LogP contribution in [0.3, 0.4) is 0 Å². The topological polar surface area (TPSA) is 30.7 Å². The van der Waals surface area contributed by atoms with Gasteiger partial charge in [-0.3, -0.25) is 0 Å². The van der Waals surface area contributed by atoms with Gasteiger partial charge in [0.2, 0.25) is 0 Å². The van der Waals surface area contributed by atoms with Gasteiger partial charge in [0.05, 0.1) is 22.4 Å². The zero-order valence-corrected chi connectivity index (χ0v) is 12.2. The van der Waals surface area contributed by atoms with Gasteiger partial charge < -0.3 is 0 Å². The normalized spacial score (nSPS) is 12.8. The summed E-state index contributed by atoms with van der Waals surface area (Å²) in [6, 6.07) is 6.09. The number of hydrogen-bond donors (Lipinski definition) is 0. The van der Waals surface area contributed by atoms with E-state index in [0.29, 0.717) is 0 Å². The van der Waals surface area contributed by atoms with Crippen molar-refractivity contribution in [3.8, 4) is 5.69 Å². The largest absolute Gasteiger partial charge is 0.220 e. The second-order valence-corrected chi connectivity index (χ2v) is 5.92. The van der Waals surface area contributed by atoms with Crippen LogP contribution >= 0.6 is 31.9 Å². The molecule has 3 nitrogen and oxygen atoms in total. The third-order valence-electron chi connectivity index (χ3n) is 2.32. The summed E-state index contributed by atoms with van der Waals surface area (Å²) in [6.45, 7) is 4.09. The van der Waals surface area contributed by atoms with E-state index >= 15 is 0 Å². The molecular weight excluding hydrogens is 334 g/mol. The Kier molecular flexibility index (Phi) is 3.44. The molecule has 0 N–H and O–H groups in total. The molecule has 0 aliphatic rings. The summed E-state index contributed by atoms with van der Waals surface area (Å²) in [4.78, 5) is 0.219. The van der Waals surface area contributed by atoms with Crippen LogP contribution in [0.1, 0.15) is 23.0 Å². The summed E-state index contributed by atoms with van der Waals surface area (Å²) >= 11 is 6.92. The minimum absolute atomic E-state index is 0.219. The van der Waals surface area contributed by atoms with Crippen LogP contribution < -0.4 is 0 Å². The average Bonchev–Trinajstić information content (AvgIpc) is 2.66. The van der Waals surface area contributed by atoms with Gasteiger partial charge in [0.15, 0.2) is 0 Å². The summed E-state index contributed by atoms with van der Waals surface area (Å²) in [5.41, 5.74) is 3.14. The van der Waals surface area contributed by atoms with Crippen molar-refractivity contribution in [3.05, 3.63) is 40.1 Å². The van der Waals surface area contributed by atoms with Crippen LogP contribution in [0, 0.1) is 6.92 Å². The van der Waals surface area contributed by atoms with Crippen molar-refractivity contribution >= 4 is 31.9 Å². The third kappa shape index (κ3) is 2.35. The van der Waals surface area contributed by atoms with Crippen molar-refractivity contribution in [1.29, 1.82) is 0 Å². The van der Waals surface area contributed by atoms with Gasteiger partial charge in [-0.25, -0.2) is 4.68 Å². The molecule has 1 aromatic heterocycles. The summed E-state index contributed by atoms with van der Waals surface area (Å²) < 4.78 is 2.87. The minimum Gasteiger partial charge on any atom is -0.220 e. The molecule has 16 heavy (non-hydrogen) atoms. The summed E-state index contributed by atoms with van der Waals surface area (Å²) in [5, 5.41) is 8.23. The van der Waals surface area contributed by atoms with E-state index in [2.05, 4.69) is 55.2 Å². The Labute approximate surface area is 111 Å². The summed E-state index contributed by atoms with van der Waals surface area (Å²) in [6.07, 6.45) is 1.94. The Hall–Kier alpha value is -0.680. The van der Waals surface area contributed by atoms with Crippen LogP contribution in [-0.2, 0) is 0 Å². The Morgan fingerprint density at radius 3 is 2.69 bits per heavy atom. The van der Waals surface area contributed by atoms with E-state index < -0.39 is 0 Å². The van der Waals surface area contributed by atoms with E-state index in [1.54, 1.807) is 4.68 Å². The van der Waals surface area contributed by atoms with Crippen LogP contribution in [0.2, 0.25) is 0 Å². The number of hydrogen-bond acceptors (Lipinski definition) is 2. The number of aryl methyl sites for hydroxylation is 1. The van der Waals surface area contributed by atoms with E-state index in [1.165, 1.54) is 0 Å². The maximum atomic E-state index is 4.12. The first kappa shape index (κ1) is 11.8. The maximum absolute atomic E-state index is 4.12. The van der Waals surface area contributed by atoms with Crippen LogP contribution in [0.25, 0.3) is 5.69 Å². The van der Waals surface area contributed by atoms with Crippen LogP contribution in [0.4, 0.5) is 0 Å². The predicted molar refractivity (Wildman–Crippen MR) is 71.1 cm³/mol. The van der Waals surface area contributed by atoms with Gasteiger partial charge in [-0.1, -0.05) is 37.1 Å². The molecule has 1 atom stereocenters. The highest BCUT2D eigenvalue weighted by Crippen LogP contribution is 2.22. The highest BCUT2D eigenvalue weighted by molar-refractivity contribution is 9.10. The molecule has 0 aliphatic heterocycles. The molecule has 0 saturated heterocycles. The zero-order valence-electron chi connectivity index (χ0n) is 8.98. The lowest BCUT2D eigenvalue weighted by atomic mass is 10.2. The fourth-order valence-corrected chi connectivity index (χ4v) is 2.14. The summed E-state index contributed by atoms with van der Waals surface area (Å²) in [7, 11) is 0. The van der Waals surface area contributed by atoms with Crippen molar-refractivity contribution < 1.29 is 0 Å². The zero-order chi connectivity index (χ0) is 11.7. The van der Waals surface area contributed by atoms with E-state index in [-0.39, 0.29) is 4.83 Å². The Morgan fingerprint density at radius 2 is 2.12 bits per heavy atom. The van der Waals surface area contributed by atoms with Gasteiger partial charge in [0.25, 0.3) is 0 Å². The molecule has 1 aromatic carbocycles. The second kappa shape index (κ2) is 4.67. The highest BCUT2D eigenvalue weighted by Gasteiger charge is 2.08. The number of aromatic nitrogens is 3. The monoisotopic (exact) mass is 343 g/mol. The van der Waals surface area contributed by atoms with Gasteiger partial charge in [0.1, 0.15) is 0 Å². The van der Waals surface area contributed by atoms with E-state index in [1.807, 2.05) is 25.3 Å². The average molecular weight is 345 g/mol. The molecule has 1 heterocycles. The second-order valence-electron chi connectivity index (χ2n) is 3.63. The fraction of sp³-hybridized carbons (Fsp3) is 0.273. The number of nitrogens with zero attached hydrogens (tertiary/aromatic N) is 3. The molecule has 0 saturated carbocycles. The van der Waals surface area contributed by atoms with Crippen molar-refractivity contribution in [3.63, 3.8) is 0 Å². The molecule has 2 rings (SSSR count). The molecule has 0 bridgehead atoms. The van der Waals surface area contributed by atoms with E-state index in [4.69, 9.17) is 0 Å². The third-order valence-corrected chi connectivity index (χ3v) is 3.29.